The predicted octanol–water partition coefficient (Wildman–Crippen LogP) is 7.89. The molecule has 0 spiro atoms. The first kappa shape index (κ1) is 26.7. The van der Waals surface area contributed by atoms with Crippen molar-refractivity contribution in [3.63, 3.8) is 0 Å². The minimum Gasteiger partial charge on any atom is -0.371 e. The Balaban J connectivity index is 1.17. The summed E-state index contributed by atoms with van der Waals surface area (Å²) in [5.74, 6) is 2.04. The van der Waals surface area contributed by atoms with Crippen LogP contribution >= 0.6 is 34.5 Å². The molecule has 3 heterocycles. The Hall–Kier alpha value is -0.880. The van der Waals surface area contributed by atoms with Crippen molar-refractivity contribution in [2.75, 3.05) is 39.3 Å². The SMILES string of the molecule is C=CCOC1(CC2CCN(CC3CN(Cc4ccc(Cl)cc4Cl)CC3c3ccsc3)CC2)CCCC1. The monoisotopic (exact) mass is 546 g/mol. The summed E-state index contributed by atoms with van der Waals surface area (Å²) < 4.78 is 6.35. The number of hydrogen-bond acceptors (Lipinski definition) is 4. The van der Waals surface area contributed by atoms with Crippen molar-refractivity contribution in [3.8, 4) is 0 Å². The van der Waals surface area contributed by atoms with Crippen LogP contribution < -0.4 is 0 Å². The van der Waals surface area contributed by atoms with E-state index in [-0.39, 0.29) is 5.60 Å². The third kappa shape index (κ3) is 6.57. The Morgan fingerprint density at radius 3 is 2.58 bits per heavy atom. The average Bonchev–Trinajstić information content (AvgIpc) is 3.63. The summed E-state index contributed by atoms with van der Waals surface area (Å²) in [7, 11) is 0. The molecule has 1 aromatic carbocycles. The molecule has 2 aromatic rings. The fraction of sp³-hybridized carbons (Fsp3) is 0.600. The van der Waals surface area contributed by atoms with Gasteiger partial charge in [-0.1, -0.05) is 48.2 Å². The van der Waals surface area contributed by atoms with E-state index >= 15 is 0 Å². The van der Waals surface area contributed by atoms with E-state index in [4.69, 9.17) is 27.9 Å². The molecule has 1 aliphatic carbocycles. The number of hydrogen-bond donors (Lipinski definition) is 0. The summed E-state index contributed by atoms with van der Waals surface area (Å²) in [6.45, 7) is 11.3. The molecular formula is C30H40Cl2N2OS. The van der Waals surface area contributed by atoms with Gasteiger partial charge in [-0.15, -0.1) is 6.58 Å². The number of halogens is 2. The van der Waals surface area contributed by atoms with Crippen molar-refractivity contribution in [1.82, 2.24) is 9.80 Å². The minimum atomic E-state index is 0.125. The number of nitrogens with zero attached hydrogens (tertiary/aromatic N) is 2. The molecule has 3 fully saturated rings. The second-order valence-electron chi connectivity index (χ2n) is 11.3. The van der Waals surface area contributed by atoms with Crippen LogP contribution in [0.15, 0.2) is 47.7 Å². The van der Waals surface area contributed by atoms with Crippen molar-refractivity contribution in [3.05, 3.63) is 68.9 Å². The zero-order valence-electron chi connectivity index (χ0n) is 21.3. The lowest BCUT2D eigenvalue weighted by Crippen LogP contribution is -2.41. The van der Waals surface area contributed by atoms with Gasteiger partial charge in [-0.05, 0) is 97.1 Å². The van der Waals surface area contributed by atoms with Gasteiger partial charge in [0.05, 0.1) is 12.2 Å². The summed E-state index contributed by atoms with van der Waals surface area (Å²) >= 11 is 14.5. The third-order valence-corrected chi connectivity index (χ3v) is 10.1. The summed E-state index contributed by atoms with van der Waals surface area (Å²) in [4.78, 5) is 5.33. The smallest absolute Gasteiger partial charge is 0.0689 e. The number of likely N-dealkylation sites (tertiary alicyclic amines) is 2. The molecule has 2 saturated heterocycles. The molecule has 2 aliphatic heterocycles. The van der Waals surface area contributed by atoms with Crippen LogP contribution in [0.4, 0.5) is 0 Å². The van der Waals surface area contributed by atoms with E-state index in [1.807, 2.05) is 29.5 Å². The van der Waals surface area contributed by atoms with Crippen LogP contribution in [0.5, 0.6) is 0 Å². The molecule has 196 valence electrons. The van der Waals surface area contributed by atoms with Gasteiger partial charge >= 0.3 is 0 Å². The third-order valence-electron chi connectivity index (χ3n) is 8.78. The molecule has 3 aliphatic rings. The lowest BCUT2D eigenvalue weighted by molar-refractivity contribution is -0.0491. The quantitative estimate of drug-likeness (QED) is 0.281. The van der Waals surface area contributed by atoms with E-state index in [2.05, 4.69) is 39.3 Å². The topological polar surface area (TPSA) is 15.7 Å². The zero-order valence-corrected chi connectivity index (χ0v) is 23.7. The highest BCUT2D eigenvalue weighted by molar-refractivity contribution is 7.08. The lowest BCUT2D eigenvalue weighted by Gasteiger charge is -2.39. The summed E-state index contributed by atoms with van der Waals surface area (Å²) in [5, 5.41) is 6.06. The molecule has 0 bridgehead atoms. The van der Waals surface area contributed by atoms with Crippen LogP contribution in [-0.4, -0.2) is 54.7 Å². The number of thiophene rings is 1. The Kier molecular flexibility index (Phi) is 9.14. The van der Waals surface area contributed by atoms with Crippen LogP contribution in [0.3, 0.4) is 0 Å². The second kappa shape index (κ2) is 12.3. The Morgan fingerprint density at radius 2 is 1.89 bits per heavy atom. The highest BCUT2D eigenvalue weighted by atomic mass is 35.5. The van der Waals surface area contributed by atoms with Gasteiger partial charge in [0, 0.05) is 42.1 Å². The van der Waals surface area contributed by atoms with Crippen LogP contribution in [0, 0.1) is 11.8 Å². The maximum Gasteiger partial charge on any atom is 0.0689 e. The first-order valence-corrected chi connectivity index (χ1v) is 15.4. The predicted molar refractivity (Wildman–Crippen MR) is 153 cm³/mol. The van der Waals surface area contributed by atoms with Crippen LogP contribution in [0.2, 0.25) is 10.0 Å². The molecule has 0 N–H and O–H groups in total. The number of benzene rings is 1. The number of ether oxygens (including phenoxy) is 1. The van der Waals surface area contributed by atoms with Crippen molar-refractivity contribution in [1.29, 1.82) is 0 Å². The van der Waals surface area contributed by atoms with E-state index in [0.717, 1.165) is 30.6 Å². The summed E-state index contributed by atoms with van der Waals surface area (Å²) in [6.07, 6.45) is 10.9. The molecule has 3 nitrogen and oxygen atoms in total. The highest BCUT2D eigenvalue weighted by Crippen LogP contribution is 2.41. The fourth-order valence-corrected chi connectivity index (χ4v) is 8.12. The molecule has 0 radical (unpaired) electrons. The van der Waals surface area contributed by atoms with E-state index in [0.29, 0.717) is 23.5 Å². The van der Waals surface area contributed by atoms with Crippen LogP contribution in [-0.2, 0) is 11.3 Å². The molecule has 1 aromatic heterocycles. The zero-order chi connectivity index (χ0) is 25.0. The molecule has 5 rings (SSSR count). The Morgan fingerprint density at radius 1 is 1.08 bits per heavy atom. The van der Waals surface area contributed by atoms with Gasteiger partial charge in [0.2, 0.25) is 0 Å². The average molecular weight is 548 g/mol. The van der Waals surface area contributed by atoms with Crippen molar-refractivity contribution < 1.29 is 4.74 Å². The van der Waals surface area contributed by atoms with Crippen molar-refractivity contribution >= 4 is 34.5 Å². The minimum absolute atomic E-state index is 0.125. The van der Waals surface area contributed by atoms with Gasteiger partial charge in [-0.2, -0.15) is 11.3 Å². The molecule has 36 heavy (non-hydrogen) atoms. The standard InChI is InChI=1S/C30H40Cl2N2OS/c1-2-14-35-30(10-3-4-11-30)17-23-7-12-33(13-8-23)19-26-20-34(21-28(26)25-9-15-36-22-25)18-24-5-6-27(31)16-29(24)32/h2,5-6,9,15-16,22-23,26,28H,1,3-4,7-8,10-14,17-21H2. The van der Waals surface area contributed by atoms with Crippen molar-refractivity contribution in [2.24, 2.45) is 11.8 Å². The fourth-order valence-electron chi connectivity index (χ4n) is 6.92. The van der Waals surface area contributed by atoms with E-state index in [1.165, 1.54) is 75.7 Å². The molecule has 2 unspecified atom stereocenters. The summed E-state index contributed by atoms with van der Waals surface area (Å²) in [6, 6.07) is 8.23. The maximum atomic E-state index is 6.52. The molecule has 6 heteroatoms. The number of rotatable bonds is 10. The molecule has 1 saturated carbocycles. The summed E-state index contributed by atoms with van der Waals surface area (Å²) in [5.41, 5.74) is 2.80. The van der Waals surface area contributed by atoms with E-state index in [9.17, 15) is 0 Å². The first-order chi connectivity index (χ1) is 17.5. The second-order valence-corrected chi connectivity index (χ2v) is 12.9. The van der Waals surface area contributed by atoms with Crippen LogP contribution in [0.1, 0.15) is 62.0 Å². The molecule has 0 amide bonds. The van der Waals surface area contributed by atoms with E-state index in [1.54, 1.807) is 0 Å². The highest BCUT2D eigenvalue weighted by Gasteiger charge is 2.39. The largest absolute Gasteiger partial charge is 0.371 e. The normalized spacial score (nSPS) is 25.5. The van der Waals surface area contributed by atoms with E-state index < -0.39 is 0 Å². The van der Waals surface area contributed by atoms with Gasteiger partial charge in [0.1, 0.15) is 0 Å². The van der Waals surface area contributed by atoms with Gasteiger partial charge in [0.15, 0.2) is 0 Å². The first-order valence-electron chi connectivity index (χ1n) is 13.7. The van der Waals surface area contributed by atoms with Gasteiger partial charge in [-0.3, -0.25) is 4.90 Å². The van der Waals surface area contributed by atoms with Gasteiger partial charge in [-0.25, -0.2) is 0 Å². The van der Waals surface area contributed by atoms with Gasteiger partial charge < -0.3 is 9.64 Å². The maximum absolute atomic E-state index is 6.52. The Bertz CT molecular complexity index is 983. The van der Waals surface area contributed by atoms with Gasteiger partial charge in [0.25, 0.3) is 0 Å². The Labute approximate surface area is 231 Å². The lowest BCUT2D eigenvalue weighted by atomic mass is 9.82. The molecular weight excluding hydrogens is 507 g/mol. The van der Waals surface area contributed by atoms with Crippen molar-refractivity contribution in [2.45, 2.75) is 63.0 Å². The molecule has 2 atom stereocenters. The number of piperidine rings is 1. The van der Waals surface area contributed by atoms with Crippen LogP contribution in [0.25, 0.3) is 0 Å².